The van der Waals surface area contributed by atoms with Gasteiger partial charge in [-0.2, -0.15) is 17.0 Å². The van der Waals surface area contributed by atoms with Gasteiger partial charge in [-0.25, -0.2) is 4.79 Å². The summed E-state index contributed by atoms with van der Waals surface area (Å²) in [6.45, 7) is 4.07. The standard InChI is InChI=1S/C21H21NO2S/c1-15-9-16(2)20(14-25-13-17-7-5-4-6-8-17)11-18(15)10-19(12-22)21(23)24-3/h4-11H,13-14H2,1-3H3. The number of carbonyl (C=O) groups excluding carboxylic acids is 1. The van der Waals surface area contributed by atoms with E-state index < -0.39 is 5.97 Å². The fourth-order valence-electron chi connectivity index (χ4n) is 2.48. The molecule has 0 atom stereocenters. The number of methoxy groups -OCH3 is 1. The van der Waals surface area contributed by atoms with Gasteiger partial charge in [0.05, 0.1) is 7.11 Å². The fourth-order valence-corrected chi connectivity index (χ4v) is 3.54. The van der Waals surface area contributed by atoms with Gasteiger partial charge in [0.2, 0.25) is 0 Å². The van der Waals surface area contributed by atoms with Crippen LogP contribution in [-0.2, 0) is 21.0 Å². The highest BCUT2D eigenvalue weighted by Crippen LogP contribution is 2.24. The minimum absolute atomic E-state index is 0.0114. The lowest BCUT2D eigenvalue weighted by atomic mass is 9.99. The summed E-state index contributed by atoms with van der Waals surface area (Å²) in [5.41, 5.74) is 5.65. The molecule has 0 saturated carbocycles. The number of benzene rings is 2. The molecule has 0 saturated heterocycles. The van der Waals surface area contributed by atoms with Crippen LogP contribution >= 0.6 is 11.8 Å². The van der Waals surface area contributed by atoms with Crippen molar-refractivity contribution in [3.05, 3.63) is 75.9 Å². The van der Waals surface area contributed by atoms with Gasteiger partial charge in [-0.3, -0.25) is 0 Å². The lowest BCUT2D eigenvalue weighted by molar-refractivity contribution is -0.135. The van der Waals surface area contributed by atoms with Crippen LogP contribution in [0.25, 0.3) is 6.08 Å². The van der Waals surface area contributed by atoms with Crippen molar-refractivity contribution in [3.8, 4) is 6.07 Å². The van der Waals surface area contributed by atoms with Crippen LogP contribution in [0, 0.1) is 25.2 Å². The maximum Gasteiger partial charge on any atom is 0.348 e. The highest BCUT2D eigenvalue weighted by molar-refractivity contribution is 7.97. The average Bonchev–Trinajstić information content (AvgIpc) is 2.63. The molecular formula is C21H21NO2S. The molecule has 0 radical (unpaired) electrons. The molecule has 2 rings (SSSR count). The Morgan fingerprint density at radius 1 is 1.16 bits per heavy atom. The van der Waals surface area contributed by atoms with Gasteiger partial charge in [-0.05, 0) is 47.7 Å². The van der Waals surface area contributed by atoms with Crippen molar-refractivity contribution >= 4 is 23.8 Å². The fraction of sp³-hybridized carbons (Fsp3) is 0.238. The first kappa shape index (κ1) is 18.8. The van der Waals surface area contributed by atoms with Crippen LogP contribution in [0.4, 0.5) is 0 Å². The van der Waals surface area contributed by atoms with Gasteiger partial charge in [0.15, 0.2) is 0 Å². The van der Waals surface area contributed by atoms with E-state index in [1.54, 1.807) is 6.08 Å². The number of hydrogen-bond acceptors (Lipinski definition) is 4. The van der Waals surface area contributed by atoms with Crippen molar-refractivity contribution in [3.63, 3.8) is 0 Å². The molecule has 0 N–H and O–H groups in total. The van der Waals surface area contributed by atoms with E-state index in [0.717, 1.165) is 22.6 Å². The van der Waals surface area contributed by atoms with E-state index in [1.165, 1.54) is 23.8 Å². The largest absolute Gasteiger partial charge is 0.465 e. The molecule has 0 heterocycles. The minimum Gasteiger partial charge on any atom is -0.465 e. The van der Waals surface area contributed by atoms with Gasteiger partial charge in [0.1, 0.15) is 11.6 Å². The van der Waals surface area contributed by atoms with E-state index in [-0.39, 0.29) is 5.57 Å². The van der Waals surface area contributed by atoms with Gasteiger partial charge >= 0.3 is 5.97 Å². The number of nitriles is 1. The highest BCUT2D eigenvalue weighted by atomic mass is 32.2. The maximum absolute atomic E-state index is 11.6. The van der Waals surface area contributed by atoms with Gasteiger partial charge in [0.25, 0.3) is 0 Å². The lowest BCUT2D eigenvalue weighted by Gasteiger charge is -2.11. The molecule has 128 valence electrons. The molecule has 0 spiro atoms. The van der Waals surface area contributed by atoms with Crippen molar-refractivity contribution in [2.75, 3.05) is 7.11 Å². The molecule has 2 aromatic carbocycles. The highest BCUT2D eigenvalue weighted by Gasteiger charge is 2.11. The van der Waals surface area contributed by atoms with Crippen LogP contribution in [0.2, 0.25) is 0 Å². The lowest BCUT2D eigenvalue weighted by Crippen LogP contribution is -2.03. The Morgan fingerprint density at radius 3 is 2.52 bits per heavy atom. The van der Waals surface area contributed by atoms with Crippen LogP contribution in [0.1, 0.15) is 27.8 Å². The van der Waals surface area contributed by atoms with E-state index >= 15 is 0 Å². The molecule has 0 aliphatic rings. The molecule has 25 heavy (non-hydrogen) atoms. The van der Waals surface area contributed by atoms with Crippen LogP contribution in [0.5, 0.6) is 0 Å². The molecule has 0 aliphatic heterocycles. The van der Waals surface area contributed by atoms with E-state index in [2.05, 4.69) is 35.9 Å². The third-order valence-electron chi connectivity index (χ3n) is 3.92. The Bertz CT molecular complexity index is 820. The topological polar surface area (TPSA) is 50.1 Å². The van der Waals surface area contributed by atoms with E-state index in [4.69, 9.17) is 5.26 Å². The third-order valence-corrected chi connectivity index (χ3v) is 4.97. The number of rotatable bonds is 6. The summed E-state index contributed by atoms with van der Waals surface area (Å²) >= 11 is 1.85. The quantitative estimate of drug-likeness (QED) is 0.425. The normalized spacial score (nSPS) is 11.0. The Morgan fingerprint density at radius 2 is 1.88 bits per heavy atom. The predicted molar refractivity (Wildman–Crippen MR) is 103 cm³/mol. The Kier molecular flexibility index (Phi) is 6.85. The molecular weight excluding hydrogens is 330 g/mol. The van der Waals surface area contributed by atoms with Gasteiger partial charge < -0.3 is 4.74 Å². The van der Waals surface area contributed by atoms with Crippen LogP contribution in [0.3, 0.4) is 0 Å². The zero-order chi connectivity index (χ0) is 18.2. The Balaban J connectivity index is 2.18. The summed E-state index contributed by atoms with van der Waals surface area (Å²) in [7, 11) is 1.28. The number of ether oxygens (including phenoxy) is 1. The molecule has 2 aromatic rings. The zero-order valence-corrected chi connectivity index (χ0v) is 15.5. The van der Waals surface area contributed by atoms with Crippen LogP contribution in [0.15, 0.2) is 48.0 Å². The molecule has 4 heteroatoms. The molecule has 0 amide bonds. The average molecular weight is 351 g/mol. The summed E-state index contributed by atoms with van der Waals surface area (Å²) in [5.74, 6) is 1.22. The van der Waals surface area contributed by atoms with Crippen molar-refractivity contribution in [1.29, 1.82) is 5.26 Å². The Labute approximate surface area is 153 Å². The minimum atomic E-state index is -0.609. The number of aryl methyl sites for hydroxylation is 2. The Hall–Kier alpha value is -2.51. The number of hydrogen-bond donors (Lipinski definition) is 0. The first-order valence-corrected chi connectivity index (χ1v) is 9.12. The predicted octanol–water partition coefficient (Wildman–Crippen LogP) is 4.82. The molecule has 0 fully saturated rings. The van der Waals surface area contributed by atoms with Crippen LogP contribution in [-0.4, -0.2) is 13.1 Å². The number of esters is 1. The maximum atomic E-state index is 11.6. The molecule has 0 aliphatic carbocycles. The van der Waals surface area contributed by atoms with Crippen molar-refractivity contribution < 1.29 is 9.53 Å². The second-order valence-electron chi connectivity index (χ2n) is 5.78. The molecule has 0 bridgehead atoms. The van der Waals surface area contributed by atoms with Crippen molar-refractivity contribution in [1.82, 2.24) is 0 Å². The van der Waals surface area contributed by atoms with Gasteiger partial charge in [-0.15, -0.1) is 0 Å². The number of nitrogens with zero attached hydrogens (tertiary/aromatic N) is 1. The van der Waals surface area contributed by atoms with Gasteiger partial charge in [0, 0.05) is 11.5 Å². The monoisotopic (exact) mass is 351 g/mol. The van der Waals surface area contributed by atoms with Crippen LogP contribution < -0.4 is 0 Å². The number of thioether (sulfide) groups is 1. The summed E-state index contributed by atoms with van der Waals surface area (Å²) in [6, 6.07) is 16.4. The molecule has 0 aromatic heterocycles. The van der Waals surface area contributed by atoms with E-state index in [9.17, 15) is 4.79 Å². The smallest absolute Gasteiger partial charge is 0.348 e. The molecule has 3 nitrogen and oxygen atoms in total. The first-order chi connectivity index (χ1) is 12.0. The summed E-state index contributed by atoms with van der Waals surface area (Å²) in [5, 5.41) is 9.15. The third kappa shape index (κ3) is 5.23. The summed E-state index contributed by atoms with van der Waals surface area (Å²) in [4.78, 5) is 11.6. The van der Waals surface area contributed by atoms with E-state index in [0.29, 0.717) is 0 Å². The zero-order valence-electron chi connectivity index (χ0n) is 14.7. The second kappa shape index (κ2) is 9.10. The summed E-state index contributed by atoms with van der Waals surface area (Å²) in [6.07, 6.45) is 1.60. The first-order valence-electron chi connectivity index (χ1n) is 7.97. The van der Waals surface area contributed by atoms with Crippen molar-refractivity contribution in [2.24, 2.45) is 0 Å². The number of carbonyl (C=O) groups is 1. The SMILES string of the molecule is COC(=O)C(C#N)=Cc1cc(CSCc2ccccc2)c(C)cc1C. The van der Waals surface area contributed by atoms with E-state index in [1.807, 2.05) is 43.0 Å². The van der Waals surface area contributed by atoms with Crippen molar-refractivity contribution in [2.45, 2.75) is 25.4 Å². The summed E-state index contributed by atoms with van der Waals surface area (Å²) < 4.78 is 4.65. The second-order valence-corrected chi connectivity index (χ2v) is 6.76. The van der Waals surface area contributed by atoms with Gasteiger partial charge in [-0.1, -0.05) is 42.5 Å². The molecule has 0 unspecified atom stereocenters.